The summed E-state index contributed by atoms with van der Waals surface area (Å²) in [6.45, 7) is 2.92. The molecule has 0 bridgehead atoms. The molecular weight excluding hydrogens is 350 g/mol. The molecule has 1 aliphatic heterocycles. The highest BCUT2D eigenvalue weighted by Gasteiger charge is 2.45. The summed E-state index contributed by atoms with van der Waals surface area (Å²) in [7, 11) is 0. The number of carbonyl (C=O) groups excluding carboxylic acids is 3. The summed E-state index contributed by atoms with van der Waals surface area (Å²) >= 11 is 0. The molecule has 1 heterocycles. The van der Waals surface area contributed by atoms with Crippen LogP contribution in [0.4, 0.5) is 0 Å². The van der Waals surface area contributed by atoms with Crippen LogP contribution < -0.4 is 15.9 Å². The van der Waals surface area contributed by atoms with E-state index in [9.17, 15) is 14.4 Å². The lowest BCUT2D eigenvalue weighted by Gasteiger charge is -2.33. The van der Waals surface area contributed by atoms with E-state index in [2.05, 4.69) is 10.4 Å². The molecule has 0 saturated carbocycles. The van der Waals surface area contributed by atoms with Crippen LogP contribution in [0.3, 0.4) is 0 Å². The number of hydrogen-bond donors (Lipinski definition) is 2. The number of Topliss-reactive ketones (excluding diaryl/α,β-unsaturated/α-hetero) is 1. The van der Waals surface area contributed by atoms with Gasteiger partial charge in [-0.1, -0.05) is 0 Å². The number of nitrogens with zero attached hydrogens (tertiary/aromatic N) is 1. The molecule has 8 nitrogen and oxygen atoms in total. The second kappa shape index (κ2) is 9.94. The maximum atomic E-state index is 12.8. The van der Waals surface area contributed by atoms with Crippen molar-refractivity contribution in [2.24, 2.45) is 10.9 Å². The normalized spacial score (nSPS) is 17.4. The van der Waals surface area contributed by atoms with Gasteiger partial charge in [0.1, 0.15) is 12.0 Å². The molecule has 0 aliphatic carbocycles. The summed E-state index contributed by atoms with van der Waals surface area (Å²) in [4.78, 5) is 36.1. The Morgan fingerprint density at radius 1 is 1.30 bits per heavy atom. The minimum absolute atomic E-state index is 0.0321. The fourth-order valence-electron chi connectivity index (χ4n) is 2.82. The quantitative estimate of drug-likeness (QED) is 0.125. The Morgan fingerprint density at radius 2 is 1.96 bits per heavy atom. The van der Waals surface area contributed by atoms with Crippen LogP contribution in [0.2, 0.25) is 0 Å². The smallest absolute Gasteiger partial charge is 0.351 e. The lowest BCUT2D eigenvalue weighted by Crippen LogP contribution is -2.52. The standard InChI is InChI=1S/C19H25N3O5/c1-19(17(24)3-2-12-23,27-16-8-10-21-11-9-16)18(25)26-15-6-4-14(5-7-15)13-22-20/h4-7,12-13,16,21H,2-3,8-11,20H2,1H3. The third-order valence-electron chi connectivity index (χ3n) is 4.41. The zero-order valence-corrected chi connectivity index (χ0v) is 15.3. The Balaban J connectivity index is 2.15. The van der Waals surface area contributed by atoms with Crippen LogP contribution in [-0.2, 0) is 19.1 Å². The van der Waals surface area contributed by atoms with Gasteiger partial charge in [0.2, 0.25) is 5.60 Å². The predicted molar refractivity (Wildman–Crippen MR) is 99.5 cm³/mol. The third kappa shape index (κ3) is 5.70. The second-order valence-electron chi connectivity index (χ2n) is 6.47. The molecule has 1 atom stereocenters. The summed E-state index contributed by atoms with van der Waals surface area (Å²) in [5, 5.41) is 6.62. The number of ether oxygens (including phenoxy) is 2. The molecule has 0 radical (unpaired) electrons. The minimum atomic E-state index is -1.76. The van der Waals surface area contributed by atoms with Crippen LogP contribution in [0, 0.1) is 0 Å². The molecule has 0 amide bonds. The molecule has 27 heavy (non-hydrogen) atoms. The second-order valence-corrected chi connectivity index (χ2v) is 6.47. The first kappa shape index (κ1) is 20.7. The number of nitrogens with two attached hydrogens (primary N) is 1. The Hall–Kier alpha value is -2.58. The summed E-state index contributed by atoms with van der Waals surface area (Å²) in [6.07, 6.45) is 3.21. The van der Waals surface area contributed by atoms with Crippen molar-refractivity contribution in [2.75, 3.05) is 13.1 Å². The fourth-order valence-corrected chi connectivity index (χ4v) is 2.82. The molecule has 0 spiro atoms. The van der Waals surface area contributed by atoms with Gasteiger partial charge < -0.3 is 25.4 Å². The van der Waals surface area contributed by atoms with Gasteiger partial charge in [-0.3, -0.25) is 4.79 Å². The lowest BCUT2D eigenvalue weighted by atomic mass is 9.95. The number of nitrogens with one attached hydrogen (secondary N) is 1. The van der Waals surface area contributed by atoms with Crippen LogP contribution in [0.5, 0.6) is 5.75 Å². The van der Waals surface area contributed by atoms with Crippen molar-refractivity contribution in [1.29, 1.82) is 0 Å². The monoisotopic (exact) mass is 375 g/mol. The molecule has 1 aromatic rings. The first-order chi connectivity index (χ1) is 13.0. The zero-order valence-electron chi connectivity index (χ0n) is 15.3. The molecule has 1 fully saturated rings. The van der Waals surface area contributed by atoms with Gasteiger partial charge >= 0.3 is 5.97 Å². The van der Waals surface area contributed by atoms with E-state index in [0.717, 1.165) is 18.7 Å². The van der Waals surface area contributed by atoms with Crippen LogP contribution in [0.25, 0.3) is 0 Å². The fraction of sp³-hybridized carbons (Fsp3) is 0.474. The SMILES string of the molecule is CC(OC1CCNCC1)(C(=O)CCC=O)C(=O)Oc1ccc(C=NN)cc1. The van der Waals surface area contributed by atoms with E-state index in [1.165, 1.54) is 13.1 Å². The molecule has 8 heteroatoms. The highest BCUT2D eigenvalue weighted by atomic mass is 16.6. The van der Waals surface area contributed by atoms with Gasteiger partial charge in [-0.2, -0.15) is 5.10 Å². The molecule has 1 unspecified atom stereocenters. The van der Waals surface area contributed by atoms with Crippen molar-refractivity contribution in [2.45, 2.75) is 44.3 Å². The molecule has 0 aromatic heterocycles. The average molecular weight is 375 g/mol. The Morgan fingerprint density at radius 3 is 2.56 bits per heavy atom. The van der Waals surface area contributed by atoms with Crippen molar-refractivity contribution in [3.8, 4) is 5.75 Å². The molecule has 1 aliphatic rings. The van der Waals surface area contributed by atoms with E-state index in [4.69, 9.17) is 15.3 Å². The van der Waals surface area contributed by atoms with E-state index in [0.29, 0.717) is 19.1 Å². The third-order valence-corrected chi connectivity index (χ3v) is 4.41. The molecule has 146 valence electrons. The summed E-state index contributed by atoms with van der Waals surface area (Å²) in [5.74, 6) is 4.11. The topological polar surface area (TPSA) is 120 Å². The van der Waals surface area contributed by atoms with E-state index >= 15 is 0 Å². The Kier molecular flexibility index (Phi) is 7.63. The van der Waals surface area contributed by atoms with Crippen molar-refractivity contribution >= 4 is 24.3 Å². The van der Waals surface area contributed by atoms with E-state index < -0.39 is 17.4 Å². The first-order valence-corrected chi connectivity index (χ1v) is 8.90. The van der Waals surface area contributed by atoms with E-state index in [-0.39, 0.29) is 24.7 Å². The van der Waals surface area contributed by atoms with Gasteiger partial charge in [0, 0.05) is 12.8 Å². The van der Waals surface area contributed by atoms with Crippen LogP contribution in [0.1, 0.15) is 38.2 Å². The molecule has 1 aromatic carbocycles. The molecule has 2 rings (SSSR count). The Labute approximate surface area is 158 Å². The van der Waals surface area contributed by atoms with Gasteiger partial charge in [0.25, 0.3) is 0 Å². The minimum Gasteiger partial charge on any atom is -0.424 e. The summed E-state index contributed by atoms with van der Waals surface area (Å²) in [6, 6.07) is 6.52. The number of rotatable bonds is 9. The van der Waals surface area contributed by atoms with Crippen molar-refractivity contribution in [3.63, 3.8) is 0 Å². The van der Waals surface area contributed by atoms with Gasteiger partial charge in [0.05, 0.1) is 12.3 Å². The largest absolute Gasteiger partial charge is 0.424 e. The molecular formula is C19H25N3O5. The van der Waals surface area contributed by atoms with Gasteiger partial charge in [-0.15, -0.1) is 0 Å². The lowest BCUT2D eigenvalue weighted by molar-refractivity contribution is -0.176. The zero-order chi connectivity index (χ0) is 19.7. The highest BCUT2D eigenvalue weighted by Crippen LogP contribution is 2.24. The summed E-state index contributed by atoms with van der Waals surface area (Å²) in [5.41, 5.74) is -1.02. The number of piperidine rings is 1. The Bertz CT molecular complexity index is 683. The molecule has 3 N–H and O–H groups in total. The maximum Gasteiger partial charge on any atom is 0.351 e. The molecule has 1 saturated heterocycles. The number of benzene rings is 1. The predicted octanol–water partition coefficient (Wildman–Crippen LogP) is 0.960. The summed E-state index contributed by atoms with van der Waals surface area (Å²) < 4.78 is 11.3. The number of aldehydes is 1. The number of esters is 1. The average Bonchev–Trinajstić information content (AvgIpc) is 2.68. The van der Waals surface area contributed by atoms with Crippen molar-refractivity contribution < 1.29 is 23.9 Å². The van der Waals surface area contributed by atoms with E-state index in [1.807, 2.05) is 0 Å². The van der Waals surface area contributed by atoms with Crippen molar-refractivity contribution in [1.82, 2.24) is 5.32 Å². The number of carbonyl (C=O) groups is 3. The number of hydrazone groups is 1. The number of ketones is 1. The van der Waals surface area contributed by atoms with Crippen molar-refractivity contribution in [3.05, 3.63) is 29.8 Å². The van der Waals surface area contributed by atoms with E-state index in [1.54, 1.807) is 24.3 Å². The first-order valence-electron chi connectivity index (χ1n) is 8.90. The number of hydrogen-bond acceptors (Lipinski definition) is 8. The van der Waals surface area contributed by atoms with Gasteiger partial charge in [0.15, 0.2) is 5.78 Å². The maximum absolute atomic E-state index is 12.8. The van der Waals surface area contributed by atoms with Crippen LogP contribution >= 0.6 is 0 Å². The van der Waals surface area contributed by atoms with Crippen LogP contribution in [-0.4, -0.2) is 49.0 Å². The highest BCUT2D eigenvalue weighted by molar-refractivity contribution is 6.07. The van der Waals surface area contributed by atoms with Gasteiger partial charge in [-0.25, -0.2) is 4.79 Å². The van der Waals surface area contributed by atoms with Crippen LogP contribution in [0.15, 0.2) is 29.4 Å². The van der Waals surface area contributed by atoms with Gasteiger partial charge in [-0.05, 0) is 62.7 Å².